The maximum absolute atomic E-state index is 14.8. The number of carbonyl (C=O) groups is 2. The summed E-state index contributed by atoms with van der Waals surface area (Å²) in [7, 11) is 0. The average Bonchev–Trinajstić information content (AvgIpc) is 3.50. The van der Waals surface area contributed by atoms with Crippen LogP contribution in [-0.4, -0.2) is 17.9 Å². The predicted octanol–water partition coefficient (Wildman–Crippen LogP) is 5.32. The second kappa shape index (κ2) is 9.53. The van der Waals surface area contributed by atoms with Crippen molar-refractivity contribution in [1.29, 1.82) is 0 Å². The molecule has 0 saturated heterocycles. The van der Waals surface area contributed by atoms with E-state index in [-0.39, 0.29) is 30.0 Å². The molecule has 2 aromatic heterocycles. The van der Waals surface area contributed by atoms with Crippen LogP contribution in [0, 0.1) is 5.82 Å². The number of carbonyl (C=O) groups excluding carboxylic acids is 2. The number of amides is 2. The van der Waals surface area contributed by atoms with Gasteiger partial charge in [-0.25, -0.2) is 4.39 Å². The minimum atomic E-state index is -0.916. The van der Waals surface area contributed by atoms with E-state index in [1.54, 1.807) is 18.2 Å². The molecule has 1 aromatic carbocycles. The second-order valence-electron chi connectivity index (χ2n) is 7.42. The fraction of sp³-hybridized carbons (Fsp3) is 0.304. The highest BCUT2D eigenvalue weighted by Gasteiger charge is 2.35. The van der Waals surface area contributed by atoms with Crippen molar-refractivity contribution in [3.63, 3.8) is 0 Å². The van der Waals surface area contributed by atoms with Crippen molar-refractivity contribution in [2.45, 2.75) is 44.2 Å². The summed E-state index contributed by atoms with van der Waals surface area (Å²) >= 11 is 2.92. The number of nitrogens with zero attached hydrogens (tertiary/aromatic N) is 1. The quantitative estimate of drug-likeness (QED) is 0.538. The molecule has 0 bridgehead atoms. The minimum absolute atomic E-state index is 0.105. The van der Waals surface area contributed by atoms with Crippen LogP contribution in [0.4, 0.5) is 10.1 Å². The highest BCUT2D eigenvalue weighted by molar-refractivity contribution is 7.10. The zero-order valence-corrected chi connectivity index (χ0v) is 18.1. The first-order valence-electron chi connectivity index (χ1n) is 10.0. The predicted molar refractivity (Wildman–Crippen MR) is 119 cm³/mol. The minimum Gasteiger partial charge on any atom is -0.351 e. The molecule has 1 saturated carbocycles. The van der Waals surface area contributed by atoms with Crippen LogP contribution in [0.1, 0.15) is 42.2 Å². The summed E-state index contributed by atoms with van der Waals surface area (Å²) in [5.74, 6) is -1.09. The molecule has 0 spiro atoms. The molecule has 7 heteroatoms. The van der Waals surface area contributed by atoms with Gasteiger partial charge in [-0.05, 0) is 58.8 Å². The summed E-state index contributed by atoms with van der Waals surface area (Å²) in [5.41, 5.74) is 0.815. The Morgan fingerprint density at radius 3 is 2.57 bits per heavy atom. The first-order chi connectivity index (χ1) is 14.6. The lowest BCUT2D eigenvalue weighted by Crippen LogP contribution is -2.47. The molecule has 1 aliphatic carbocycles. The molecule has 30 heavy (non-hydrogen) atoms. The number of para-hydroxylation sites is 1. The van der Waals surface area contributed by atoms with Crippen LogP contribution >= 0.6 is 22.7 Å². The highest BCUT2D eigenvalue weighted by atomic mass is 32.1. The molecule has 2 heterocycles. The molecule has 4 nitrogen and oxygen atoms in total. The van der Waals surface area contributed by atoms with Crippen LogP contribution in [0.3, 0.4) is 0 Å². The summed E-state index contributed by atoms with van der Waals surface area (Å²) in [4.78, 5) is 29.1. The summed E-state index contributed by atoms with van der Waals surface area (Å²) in [5, 5.41) is 8.73. The van der Waals surface area contributed by atoms with Gasteiger partial charge in [-0.1, -0.05) is 31.0 Å². The number of nitrogens with one attached hydrogen (secondary N) is 1. The van der Waals surface area contributed by atoms with Gasteiger partial charge >= 0.3 is 0 Å². The van der Waals surface area contributed by atoms with Crippen molar-refractivity contribution in [2.75, 3.05) is 4.90 Å². The van der Waals surface area contributed by atoms with Crippen molar-refractivity contribution in [3.8, 4) is 0 Å². The van der Waals surface area contributed by atoms with Gasteiger partial charge in [-0.3, -0.25) is 14.5 Å². The van der Waals surface area contributed by atoms with Crippen molar-refractivity contribution < 1.29 is 14.0 Å². The lowest BCUT2D eigenvalue weighted by Gasteiger charge is -2.32. The monoisotopic (exact) mass is 442 g/mol. The zero-order chi connectivity index (χ0) is 20.9. The van der Waals surface area contributed by atoms with E-state index < -0.39 is 11.9 Å². The van der Waals surface area contributed by atoms with E-state index in [0.717, 1.165) is 30.6 Å². The molecule has 3 aromatic rings. The Morgan fingerprint density at radius 2 is 1.90 bits per heavy atom. The maximum Gasteiger partial charge on any atom is 0.248 e. The van der Waals surface area contributed by atoms with Crippen molar-refractivity contribution >= 4 is 40.2 Å². The fourth-order valence-electron chi connectivity index (χ4n) is 3.91. The lowest BCUT2D eigenvalue weighted by atomic mass is 10.0. The van der Waals surface area contributed by atoms with E-state index in [4.69, 9.17) is 0 Å². The Balaban J connectivity index is 1.73. The summed E-state index contributed by atoms with van der Waals surface area (Å²) in [6.45, 7) is 0. The maximum atomic E-state index is 14.8. The van der Waals surface area contributed by atoms with E-state index >= 15 is 0 Å². The Labute approximate surface area is 183 Å². The van der Waals surface area contributed by atoms with Gasteiger partial charge in [0.1, 0.15) is 11.9 Å². The highest BCUT2D eigenvalue weighted by Crippen LogP contribution is 2.32. The number of rotatable bonds is 7. The second-order valence-corrected chi connectivity index (χ2v) is 9.23. The number of halogens is 1. The van der Waals surface area contributed by atoms with Crippen LogP contribution < -0.4 is 10.2 Å². The van der Waals surface area contributed by atoms with Gasteiger partial charge in [0.2, 0.25) is 11.8 Å². The van der Waals surface area contributed by atoms with Crippen molar-refractivity contribution in [1.82, 2.24) is 5.32 Å². The number of anilines is 1. The van der Waals surface area contributed by atoms with E-state index in [1.807, 2.05) is 34.3 Å². The first kappa shape index (κ1) is 20.8. The third kappa shape index (κ3) is 4.63. The van der Waals surface area contributed by atoms with Crippen LogP contribution in [0.25, 0.3) is 0 Å². The molecule has 0 aliphatic heterocycles. The van der Waals surface area contributed by atoms with Crippen molar-refractivity contribution in [2.24, 2.45) is 0 Å². The molecule has 156 valence electrons. The van der Waals surface area contributed by atoms with Gasteiger partial charge in [-0.15, -0.1) is 11.3 Å². The molecular formula is C23H23FN2O2S2. The van der Waals surface area contributed by atoms with Crippen LogP contribution in [0.5, 0.6) is 0 Å². The Morgan fingerprint density at radius 1 is 1.10 bits per heavy atom. The van der Waals surface area contributed by atoms with Gasteiger partial charge in [0.25, 0.3) is 0 Å². The summed E-state index contributed by atoms with van der Waals surface area (Å²) in [6.07, 6.45) is 4.16. The molecule has 1 N–H and O–H groups in total. The molecule has 0 radical (unpaired) electrons. The van der Waals surface area contributed by atoms with E-state index in [9.17, 15) is 14.0 Å². The van der Waals surface area contributed by atoms with E-state index in [2.05, 4.69) is 5.32 Å². The van der Waals surface area contributed by atoms with Gasteiger partial charge in [-0.2, -0.15) is 11.3 Å². The third-order valence-electron chi connectivity index (χ3n) is 5.35. The smallest absolute Gasteiger partial charge is 0.248 e. The van der Waals surface area contributed by atoms with E-state index in [1.165, 1.54) is 33.6 Å². The SMILES string of the molecule is O=C(NC1CCCC1)[C@H](c1ccsc1)N(C(=O)Cc1cccs1)c1ccccc1F. The zero-order valence-electron chi connectivity index (χ0n) is 16.4. The molecule has 1 aliphatic rings. The largest absolute Gasteiger partial charge is 0.351 e. The molecule has 1 fully saturated rings. The van der Waals surface area contributed by atoms with Crippen molar-refractivity contribution in [3.05, 3.63) is 74.9 Å². The number of hydrogen-bond acceptors (Lipinski definition) is 4. The summed E-state index contributed by atoms with van der Waals surface area (Å²) in [6, 6.07) is 10.9. The van der Waals surface area contributed by atoms with Gasteiger partial charge in [0, 0.05) is 10.9 Å². The topological polar surface area (TPSA) is 49.4 Å². The van der Waals surface area contributed by atoms with Crippen LogP contribution in [-0.2, 0) is 16.0 Å². The fourth-order valence-corrected chi connectivity index (χ4v) is 5.29. The van der Waals surface area contributed by atoms with Gasteiger partial charge in [0.05, 0.1) is 12.1 Å². The molecule has 0 unspecified atom stereocenters. The van der Waals surface area contributed by atoms with E-state index in [0.29, 0.717) is 5.56 Å². The normalized spacial score (nSPS) is 15.1. The van der Waals surface area contributed by atoms with Crippen LogP contribution in [0.2, 0.25) is 0 Å². The average molecular weight is 443 g/mol. The molecule has 4 rings (SSSR count). The molecule has 1 atom stereocenters. The Hall–Kier alpha value is -2.51. The first-order valence-corrected chi connectivity index (χ1v) is 11.9. The van der Waals surface area contributed by atoms with Gasteiger partial charge < -0.3 is 5.32 Å². The Kier molecular flexibility index (Phi) is 6.59. The molecule has 2 amide bonds. The number of benzene rings is 1. The third-order valence-corrected chi connectivity index (χ3v) is 6.93. The number of hydrogen-bond donors (Lipinski definition) is 1. The lowest BCUT2D eigenvalue weighted by molar-refractivity contribution is -0.127. The standard InChI is InChI=1S/C23H23FN2O2S2/c24-19-9-3-4-10-20(19)26(21(27)14-18-8-5-12-30-18)22(16-11-13-29-15-16)23(28)25-17-6-1-2-7-17/h3-5,8-13,15,17,22H,1-2,6-7,14H2,(H,25,28)/t22-/m0/s1. The van der Waals surface area contributed by atoms with Gasteiger partial charge in [0.15, 0.2) is 0 Å². The summed E-state index contributed by atoms with van der Waals surface area (Å²) < 4.78 is 14.8. The van der Waals surface area contributed by atoms with Crippen LogP contribution in [0.15, 0.2) is 58.6 Å². The molecular weight excluding hydrogens is 419 g/mol. The number of thiophene rings is 2. The Bertz CT molecular complexity index is 983.